The first-order chi connectivity index (χ1) is 18.1. The van der Waals surface area contributed by atoms with Crippen molar-refractivity contribution in [2.24, 2.45) is 4.99 Å². The number of aliphatic imine (C=N–C) groups is 1. The van der Waals surface area contributed by atoms with Crippen LogP contribution in [0.3, 0.4) is 0 Å². The molecule has 2 aromatic carbocycles. The van der Waals surface area contributed by atoms with Crippen molar-refractivity contribution in [3.8, 4) is 5.75 Å². The van der Waals surface area contributed by atoms with Crippen molar-refractivity contribution in [3.05, 3.63) is 94.9 Å². The normalized spacial score (nSPS) is 15.6. The Morgan fingerprint density at radius 1 is 1.16 bits per heavy atom. The smallest absolute Gasteiger partial charge is 0.347 e. The number of aromatic nitrogens is 1. The Morgan fingerprint density at radius 3 is 2.58 bits per heavy atom. The minimum absolute atomic E-state index is 0.111. The lowest BCUT2D eigenvalue weighted by Gasteiger charge is -2.28. The second-order valence-electron chi connectivity index (χ2n) is 10.0. The highest BCUT2D eigenvalue weighted by molar-refractivity contribution is 5.95. The molecule has 1 aromatic heterocycles. The third-order valence-corrected chi connectivity index (χ3v) is 6.35. The summed E-state index contributed by atoms with van der Waals surface area (Å²) in [5.74, 6) is 1.67. The summed E-state index contributed by atoms with van der Waals surface area (Å²) in [7, 11) is 0. The molecule has 0 radical (unpaired) electrons. The minimum Gasteiger partial charge on any atom is -0.478 e. The third kappa shape index (κ3) is 6.69. The second-order valence-corrected chi connectivity index (χ2v) is 10.0. The van der Waals surface area contributed by atoms with Gasteiger partial charge in [0.25, 0.3) is 0 Å². The van der Waals surface area contributed by atoms with Crippen molar-refractivity contribution in [1.29, 1.82) is 0 Å². The third-order valence-electron chi connectivity index (χ3n) is 6.35. The summed E-state index contributed by atoms with van der Waals surface area (Å²) in [5, 5.41) is 9.55. The number of ether oxygens (including phenoxy) is 2. The summed E-state index contributed by atoms with van der Waals surface area (Å²) < 4.78 is 17.5. The summed E-state index contributed by atoms with van der Waals surface area (Å²) in [5.41, 5.74) is 2.57. The number of rotatable bonds is 11. The predicted molar refractivity (Wildman–Crippen MR) is 145 cm³/mol. The lowest BCUT2D eigenvalue weighted by molar-refractivity contribution is -0.152. The molecule has 8 nitrogen and oxygen atoms in total. The van der Waals surface area contributed by atoms with Crippen LogP contribution in [0.2, 0.25) is 0 Å². The van der Waals surface area contributed by atoms with E-state index in [2.05, 4.69) is 22.0 Å². The van der Waals surface area contributed by atoms with Crippen molar-refractivity contribution in [2.75, 3.05) is 6.54 Å². The number of oxazole rings is 1. The van der Waals surface area contributed by atoms with Crippen LogP contribution in [-0.4, -0.2) is 45.0 Å². The van der Waals surface area contributed by atoms with Crippen LogP contribution in [0.4, 0.5) is 0 Å². The first kappa shape index (κ1) is 27.1. The first-order valence-corrected chi connectivity index (χ1v) is 12.8. The molecule has 38 heavy (non-hydrogen) atoms. The Balaban J connectivity index is 1.60. The quantitative estimate of drug-likeness (QED) is 0.357. The maximum absolute atomic E-state index is 11.7. The summed E-state index contributed by atoms with van der Waals surface area (Å²) >= 11 is 0. The largest absolute Gasteiger partial charge is 0.478 e. The van der Waals surface area contributed by atoms with E-state index in [0.29, 0.717) is 43.6 Å². The zero-order chi connectivity index (χ0) is 27.3. The number of aliphatic carboxylic acids is 1. The van der Waals surface area contributed by atoms with E-state index >= 15 is 0 Å². The number of carboxylic acid groups (broad SMARTS) is 1. The van der Waals surface area contributed by atoms with Crippen molar-refractivity contribution in [2.45, 2.75) is 65.8 Å². The van der Waals surface area contributed by atoms with Crippen LogP contribution in [0.25, 0.3) is 0 Å². The molecule has 0 bridgehead atoms. The van der Waals surface area contributed by atoms with E-state index in [-0.39, 0.29) is 6.04 Å². The lowest BCUT2D eigenvalue weighted by atomic mass is 10.0. The van der Waals surface area contributed by atoms with Gasteiger partial charge in [0.15, 0.2) is 5.60 Å². The van der Waals surface area contributed by atoms with Crippen LogP contribution in [0.5, 0.6) is 5.75 Å². The Bertz CT molecular complexity index is 1310. The monoisotopic (exact) mass is 517 g/mol. The molecule has 1 aliphatic heterocycles. The Labute approximate surface area is 223 Å². The van der Waals surface area contributed by atoms with Gasteiger partial charge < -0.3 is 19.0 Å². The molecule has 8 heteroatoms. The number of allylic oxidation sites excluding steroid dienone is 1. The van der Waals surface area contributed by atoms with Crippen LogP contribution >= 0.6 is 0 Å². The van der Waals surface area contributed by atoms with Gasteiger partial charge in [-0.3, -0.25) is 4.90 Å². The number of carbonyl (C=O) groups is 1. The summed E-state index contributed by atoms with van der Waals surface area (Å²) in [6.45, 7) is 10.8. The van der Waals surface area contributed by atoms with E-state index in [1.165, 1.54) is 0 Å². The molecular weight excluding hydrogens is 482 g/mol. The topological polar surface area (TPSA) is 97.4 Å². The van der Waals surface area contributed by atoms with E-state index in [0.717, 1.165) is 28.0 Å². The molecule has 1 unspecified atom stereocenters. The van der Waals surface area contributed by atoms with Gasteiger partial charge in [-0.2, -0.15) is 0 Å². The van der Waals surface area contributed by atoms with Crippen molar-refractivity contribution >= 4 is 11.9 Å². The van der Waals surface area contributed by atoms with Crippen LogP contribution in [0.1, 0.15) is 55.8 Å². The maximum atomic E-state index is 11.7. The Morgan fingerprint density at radius 2 is 1.92 bits per heavy atom. The highest BCUT2D eigenvalue weighted by Gasteiger charge is 2.31. The predicted octanol–water partition coefficient (Wildman–Crippen LogP) is 5.54. The van der Waals surface area contributed by atoms with Crippen LogP contribution in [0, 0.1) is 6.92 Å². The van der Waals surface area contributed by atoms with E-state index in [4.69, 9.17) is 18.9 Å². The molecule has 0 aliphatic carbocycles. The van der Waals surface area contributed by atoms with Gasteiger partial charge in [0.1, 0.15) is 17.8 Å². The molecule has 1 atom stereocenters. The number of hydrogen-bond donors (Lipinski definition) is 1. The number of nitrogens with zero attached hydrogens (tertiary/aromatic N) is 3. The Kier molecular flexibility index (Phi) is 8.32. The first-order valence-electron chi connectivity index (χ1n) is 12.8. The van der Waals surface area contributed by atoms with Gasteiger partial charge in [-0.1, -0.05) is 37.3 Å². The number of carboxylic acids is 1. The highest BCUT2D eigenvalue weighted by atomic mass is 16.5. The summed E-state index contributed by atoms with van der Waals surface area (Å²) in [6, 6.07) is 13.9. The molecule has 200 valence electrons. The van der Waals surface area contributed by atoms with Gasteiger partial charge in [-0.25, -0.2) is 14.8 Å². The molecule has 2 heterocycles. The van der Waals surface area contributed by atoms with Gasteiger partial charge in [0.2, 0.25) is 11.8 Å². The van der Waals surface area contributed by atoms with Crippen molar-refractivity contribution in [3.63, 3.8) is 0 Å². The summed E-state index contributed by atoms with van der Waals surface area (Å²) in [6.07, 6.45) is 5.97. The van der Waals surface area contributed by atoms with Crippen molar-refractivity contribution < 1.29 is 23.8 Å². The Hall–Kier alpha value is -3.91. The lowest BCUT2D eigenvalue weighted by Crippen LogP contribution is -2.38. The average Bonchev–Trinajstić information content (AvgIpc) is 3.38. The number of hydrogen-bond acceptors (Lipinski definition) is 7. The number of aryl methyl sites for hydroxylation is 2. The van der Waals surface area contributed by atoms with E-state index in [9.17, 15) is 9.90 Å². The molecule has 3 aromatic rings. The highest BCUT2D eigenvalue weighted by Crippen LogP contribution is 2.30. The van der Waals surface area contributed by atoms with Crippen LogP contribution in [-0.2, 0) is 29.0 Å². The molecule has 1 N–H and O–H groups in total. The standard InChI is InChI=1S/C30H35N3O5/c1-6-23-16-22(14-20(2)27(23)38-30(4,5)29(34)35)17-33(19-26-31-12-13-36-26)18-25-15-21(3)37-28(32-25)24-10-8-7-9-11-24/h7-16,25H,6,17-19H2,1-5H3,(H,34,35). The SMILES string of the molecule is CCc1cc(CN(Cc2ncco2)CC2C=C(C)OC(c3ccccc3)=N2)cc(C)c1OC(C)(C)C(=O)O. The molecule has 0 fully saturated rings. The fourth-order valence-electron chi connectivity index (χ4n) is 4.44. The van der Waals surface area contributed by atoms with E-state index in [1.807, 2.05) is 57.2 Å². The molecule has 0 saturated heterocycles. The zero-order valence-electron chi connectivity index (χ0n) is 22.6. The molecule has 1 aliphatic rings. The zero-order valence-corrected chi connectivity index (χ0v) is 22.6. The molecular formula is C30H35N3O5. The second kappa shape index (κ2) is 11.6. The average molecular weight is 518 g/mol. The fourth-order valence-corrected chi connectivity index (χ4v) is 4.44. The van der Waals surface area contributed by atoms with Gasteiger partial charge in [0, 0.05) is 18.7 Å². The van der Waals surface area contributed by atoms with Crippen molar-refractivity contribution in [1.82, 2.24) is 9.88 Å². The molecule has 0 spiro atoms. The number of benzene rings is 2. The minimum atomic E-state index is -1.32. The molecule has 0 amide bonds. The van der Waals surface area contributed by atoms with E-state index in [1.54, 1.807) is 26.3 Å². The van der Waals surface area contributed by atoms with Gasteiger partial charge in [0.05, 0.1) is 18.8 Å². The van der Waals surface area contributed by atoms with Gasteiger partial charge >= 0.3 is 5.97 Å². The maximum Gasteiger partial charge on any atom is 0.347 e. The summed E-state index contributed by atoms with van der Waals surface area (Å²) in [4.78, 5) is 23.1. The van der Waals surface area contributed by atoms with Gasteiger partial charge in [-0.15, -0.1) is 0 Å². The fraction of sp³-hybridized carbons (Fsp3) is 0.367. The van der Waals surface area contributed by atoms with Gasteiger partial charge in [-0.05, 0) is 69.0 Å². The van der Waals surface area contributed by atoms with Crippen LogP contribution < -0.4 is 4.74 Å². The van der Waals surface area contributed by atoms with E-state index < -0.39 is 11.6 Å². The molecule has 4 rings (SSSR count). The molecule has 0 saturated carbocycles. The van der Waals surface area contributed by atoms with Crippen LogP contribution in [0.15, 0.2) is 76.2 Å².